The molecule has 3 aromatic carbocycles. The minimum atomic E-state index is -0.500. The van der Waals surface area contributed by atoms with E-state index in [4.69, 9.17) is 10.7 Å². The number of nitrogens with zero attached hydrogens (tertiary/aromatic N) is 3. The molecular weight excluding hydrogens is 493 g/mol. The number of nitrogens with two attached hydrogens (primary N) is 1. The molecule has 0 atom stereocenters. The number of primary amides is 1. The monoisotopic (exact) mass is 517 g/mol. The SMILES string of the molecule is NC(=O)c1ccc(-n2c3c(c4c(-c5nc6ccc(F)cc6[nH]5)cccc42)C=CCC3)cc1NCc1ccn[nH]1. The zero-order chi connectivity index (χ0) is 26.5. The maximum Gasteiger partial charge on any atom is 0.250 e. The molecule has 7 rings (SSSR count). The Labute approximate surface area is 222 Å². The molecule has 3 aromatic heterocycles. The van der Waals surface area contributed by atoms with E-state index in [1.54, 1.807) is 18.3 Å². The summed E-state index contributed by atoms with van der Waals surface area (Å²) in [6.07, 6.45) is 7.82. The van der Waals surface area contributed by atoms with E-state index in [1.807, 2.05) is 30.3 Å². The van der Waals surface area contributed by atoms with Crippen molar-refractivity contribution in [3.05, 3.63) is 101 Å². The number of H-pyrrole nitrogens is 2. The molecule has 0 spiro atoms. The fourth-order valence-corrected chi connectivity index (χ4v) is 5.47. The first-order chi connectivity index (χ1) is 19.1. The van der Waals surface area contributed by atoms with E-state index in [0.29, 0.717) is 34.7 Å². The number of carbonyl (C=O) groups excluding carboxylic acids is 1. The van der Waals surface area contributed by atoms with Gasteiger partial charge in [0, 0.05) is 39.8 Å². The molecule has 1 amide bonds. The molecule has 1 aliphatic carbocycles. The van der Waals surface area contributed by atoms with Crippen molar-refractivity contribution in [2.24, 2.45) is 5.73 Å². The molecule has 0 saturated heterocycles. The molecule has 5 N–H and O–H groups in total. The van der Waals surface area contributed by atoms with E-state index in [0.717, 1.165) is 46.3 Å². The third-order valence-electron chi connectivity index (χ3n) is 7.22. The maximum absolute atomic E-state index is 13.9. The number of hydrogen-bond donors (Lipinski definition) is 4. The number of rotatable bonds is 6. The van der Waals surface area contributed by atoms with Gasteiger partial charge in [0.05, 0.1) is 34.4 Å². The van der Waals surface area contributed by atoms with Crippen molar-refractivity contribution in [2.75, 3.05) is 5.32 Å². The average molecular weight is 518 g/mol. The van der Waals surface area contributed by atoms with Gasteiger partial charge < -0.3 is 20.6 Å². The highest BCUT2D eigenvalue weighted by Gasteiger charge is 2.23. The molecule has 0 fully saturated rings. The summed E-state index contributed by atoms with van der Waals surface area (Å²) in [5.41, 5.74) is 14.2. The number of aromatic amines is 2. The van der Waals surface area contributed by atoms with Gasteiger partial charge in [0.2, 0.25) is 0 Å². The zero-order valence-electron chi connectivity index (χ0n) is 20.8. The van der Waals surface area contributed by atoms with Crippen molar-refractivity contribution in [1.29, 1.82) is 0 Å². The van der Waals surface area contributed by atoms with E-state index in [2.05, 4.69) is 43.3 Å². The second kappa shape index (κ2) is 8.98. The fraction of sp³-hybridized carbons (Fsp3) is 0.100. The van der Waals surface area contributed by atoms with Gasteiger partial charge >= 0.3 is 0 Å². The highest BCUT2D eigenvalue weighted by Crippen LogP contribution is 2.40. The molecule has 9 heteroatoms. The normalized spacial score (nSPS) is 12.7. The van der Waals surface area contributed by atoms with Crippen LogP contribution in [0.4, 0.5) is 10.1 Å². The number of allylic oxidation sites excluding steroid dienone is 1. The van der Waals surface area contributed by atoms with Gasteiger partial charge in [-0.3, -0.25) is 9.89 Å². The van der Waals surface area contributed by atoms with Crippen LogP contribution in [-0.4, -0.2) is 30.6 Å². The number of hydrogen-bond acceptors (Lipinski definition) is 4. The van der Waals surface area contributed by atoms with Gasteiger partial charge in [-0.1, -0.05) is 24.3 Å². The predicted octanol–water partition coefficient (Wildman–Crippen LogP) is 5.71. The second-order valence-corrected chi connectivity index (χ2v) is 9.61. The largest absolute Gasteiger partial charge is 0.379 e. The van der Waals surface area contributed by atoms with Crippen LogP contribution in [0.1, 0.15) is 33.7 Å². The van der Waals surface area contributed by atoms with Crippen LogP contribution in [-0.2, 0) is 13.0 Å². The lowest BCUT2D eigenvalue weighted by Crippen LogP contribution is -2.15. The van der Waals surface area contributed by atoms with Crippen molar-refractivity contribution in [1.82, 2.24) is 24.7 Å². The Morgan fingerprint density at radius 2 is 2.05 bits per heavy atom. The quantitative estimate of drug-likeness (QED) is 0.226. The number of nitrogens with one attached hydrogen (secondary N) is 3. The van der Waals surface area contributed by atoms with Crippen LogP contribution in [0.25, 0.3) is 45.1 Å². The number of carbonyl (C=O) groups is 1. The lowest BCUT2D eigenvalue weighted by atomic mass is 9.99. The van der Waals surface area contributed by atoms with Crippen LogP contribution >= 0.6 is 0 Å². The third kappa shape index (κ3) is 3.86. The minimum Gasteiger partial charge on any atom is -0.379 e. The molecule has 0 unspecified atom stereocenters. The lowest BCUT2D eigenvalue weighted by Gasteiger charge is -2.16. The molecule has 0 bridgehead atoms. The maximum atomic E-state index is 13.9. The first kappa shape index (κ1) is 23.0. The number of aromatic nitrogens is 5. The summed E-state index contributed by atoms with van der Waals surface area (Å²) in [4.78, 5) is 20.3. The van der Waals surface area contributed by atoms with E-state index >= 15 is 0 Å². The van der Waals surface area contributed by atoms with Crippen molar-refractivity contribution in [3.63, 3.8) is 0 Å². The van der Waals surface area contributed by atoms with E-state index < -0.39 is 5.91 Å². The summed E-state index contributed by atoms with van der Waals surface area (Å²) in [5, 5.41) is 11.3. The number of fused-ring (bicyclic) bond motifs is 4. The third-order valence-corrected chi connectivity index (χ3v) is 7.22. The average Bonchev–Trinajstić information content (AvgIpc) is 3.68. The first-order valence-electron chi connectivity index (χ1n) is 12.7. The highest BCUT2D eigenvalue weighted by molar-refractivity contribution is 6.04. The van der Waals surface area contributed by atoms with Crippen molar-refractivity contribution in [2.45, 2.75) is 19.4 Å². The Morgan fingerprint density at radius 1 is 1.13 bits per heavy atom. The predicted molar refractivity (Wildman–Crippen MR) is 150 cm³/mol. The van der Waals surface area contributed by atoms with Crippen molar-refractivity contribution < 1.29 is 9.18 Å². The number of imidazole rings is 1. The summed E-state index contributed by atoms with van der Waals surface area (Å²) in [7, 11) is 0. The second-order valence-electron chi connectivity index (χ2n) is 9.61. The summed E-state index contributed by atoms with van der Waals surface area (Å²) < 4.78 is 16.1. The Hall–Kier alpha value is -5.18. The van der Waals surface area contributed by atoms with Gasteiger partial charge in [0.25, 0.3) is 5.91 Å². The summed E-state index contributed by atoms with van der Waals surface area (Å²) in [6.45, 7) is 0.466. The van der Waals surface area contributed by atoms with Gasteiger partial charge in [0.1, 0.15) is 11.6 Å². The van der Waals surface area contributed by atoms with Gasteiger partial charge in [0.15, 0.2) is 0 Å². The van der Waals surface area contributed by atoms with Crippen LogP contribution in [0.15, 0.2) is 72.9 Å². The van der Waals surface area contributed by atoms with Gasteiger partial charge in [-0.2, -0.15) is 5.10 Å². The number of halogens is 1. The topological polar surface area (TPSA) is 117 Å². The van der Waals surface area contributed by atoms with E-state index in [1.165, 1.54) is 17.8 Å². The molecule has 1 aliphatic rings. The molecule has 0 saturated carbocycles. The molecule has 8 nitrogen and oxygen atoms in total. The molecule has 6 aromatic rings. The van der Waals surface area contributed by atoms with Crippen molar-refractivity contribution in [3.8, 4) is 17.1 Å². The smallest absolute Gasteiger partial charge is 0.250 e. The summed E-state index contributed by atoms with van der Waals surface area (Å²) in [6, 6.07) is 18.2. The fourth-order valence-electron chi connectivity index (χ4n) is 5.47. The Balaban J connectivity index is 1.41. The number of amides is 1. The molecule has 3 heterocycles. The van der Waals surface area contributed by atoms with Crippen LogP contribution in [0.2, 0.25) is 0 Å². The van der Waals surface area contributed by atoms with Crippen LogP contribution < -0.4 is 11.1 Å². The minimum absolute atomic E-state index is 0.307. The van der Waals surface area contributed by atoms with Crippen molar-refractivity contribution >= 4 is 39.6 Å². The van der Waals surface area contributed by atoms with E-state index in [-0.39, 0.29) is 5.82 Å². The standard InChI is InChI=1S/C30H24FN7O/c31-17-8-11-23-25(14-17)36-30(35-23)22-5-3-7-27-28(22)21-4-1-2-6-26(21)38(27)19-9-10-20(29(32)39)24(15-19)33-16-18-12-13-34-37-18/h1,3-5,7-15,33H,2,6,16H2,(H2,32,39)(H,34,37)(H,35,36). The van der Waals surface area contributed by atoms with Gasteiger partial charge in [-0.25, -0.2) is 9.37 Å². The Bertz CT molecular complexity index is 1910. The zero-order valence-corrected chi connectivity index (χ0v) is 20.8. The van der Waals surface area contributed by atoms with E-state index in [9.17, 15) is 9.18 Å². The first-order valence-corrected chi connectivity index (χ1v) is 12.7. The molecule has 0 radical (unpaired) electrons. The summed E-state index contributed by atoms with van der Waals surface area (Å²) >= 11 is 0. The lowest BCUT2D eigenvalue weighted by molar-refractivity contribution is 0.100. The summed E-state index contributed by atoms with van der Waals surface area (Å²) in [5.74, 6) is -0.121. The molecule has 0 aliphatic heterocycles. The molecule has 39 heavy (non-hydrogen) atoms. The van der Waals surface area contributed by atoms with Gasteiger partial charge in [-0.05, 0) is 61.4 Å². The Morgan fingerprint density at radius 3 is 2.90 bits per heavy atom. The van der Waals surface area contributed by atoms with Crippen LogP contribution in [0, 0.1) is 5.82 Å². The number of anilines is 1. The van der Waals surface area contributed by atoms with Gasteiger partial charge in [-0.15, -0.1) is 0 Å². The highest BCUT2D eigenvalue weighted by atomic mass is 19.1. The van der Waals surface area contributed by atoms with Crippen LogP contribution in [0.5, 0.6) is 0 Å². The Kier molecular flexibility index (Phi) is 5.29. The van der Waals surface area contributed by atoms with Crippen LogP contribution in [0.3, 0.4) is 0 Å². The number of benzene rings is 3. The molecule has 192 valence electrons. The molecular formula is C30H24FN7O.